The van der Waals surface area contributed by atoms with Crippen molar-refractivity contribution in [3.63, 3.8) is 0 Å². The summed E-state index contributed by atoms with van der Waals surface area (Å²) in [7, 11) is 0. The standard InChI is InChI=1S/C17H19ClFNO2/c1-2-15(20)13-6-7-14(18)17(16(13)19)22-12-5-3-4-11(10-12)8-9-21/h3-7,10,15,21H,2,8-9,20H2,1H3/t15-/m0/s1. The summed E-state index contributed by atoms with van der Waals surface area (Å²) >= 11 is 6.05. The molecule has 2 aromatic rings. The van der Waals surface area contributed by atoms with E-state index in [2.05, 4.69) is 0 Å². The average molecular weight is 324 g/mol. The predicted molar refractivity (Wildman–Crippen MR) is 85.9 cm³/mol. The highest BCUT2D eigenvalue weighted by Gasteiger charge is 2.18. The van der Waals surface area contributed by atoms with E-state index >= 15 is 0 Å². The topological polar surface area (TPSA) is 55.5 Å². The van der Waals surface area contributed by atoms with Crippen molar-refractivity contribution in [3.05, 3.63) is 58.4 Å². The summed E-state index contributed by atoms with van der Waals surface area (Å²) in [6.07, 6.45) is 1.12. The highest BCUT2D eigenvalue weighted by Crippen LogP contribution is 2.36. The van der Waals surface area contributed by atoms with Crippen LogP contribution in [-0.2, 0) is 6.42 Å². The first kappa shape index (κ1) is 16.7. The molecule has 0 amide bonds. The van der Waals surface area contributed by atoms with Gasteiger partial charge in [-0.25, -0.2) is 4.39 Å². The fourth-order valence-corrected chi connectivity index (χ4v) is 2.34. The van der Waals surface area contributed by atoms with E-state index in [1.54, 1.807) is 30.3 Å². The number of aliphatic hydroxyl groups excluding tert-OH is 1. The van der Waals surface area contributed by atoms with Crippen LogP contribution in [0.15, 0.2) is 36.4 Å². The summed E-state index contributed by atoms with van der Waals surface area (Å²) in [6, 6.07) is 9.88. The Hall–Kier alpha value is -1.62. The largest absolute Gasteiger partial charge is 0.453 e. The van der Waals surface area contributed by atoms with Gasteiger partial charge in [-0.15, -0.1) is 0 Å². The Morgan fingerprint density at radius 2 is 2.09 bits per heavy atom. The molecule has 3 N–H and O–H groups in total. The van der Waals surface area contributed by atoms with E-state index in [1.165, 1.54) is 0 Å². The summed E-state index contributed by atoms with van der Waals surface area (Å²) in [6.45, 7) is 1.93. The summed E-state index contributed by atoms with van der Waals surface area (Å²) in [4.78, 5) is 0. The van der Waals surface area contributed by atoms with Crippen LogP contribution >= 0.6 is 11.6 Å². The molecule has 0 spiro atoms. The van der Waals surface area contributed by atoms with E-state index in [1.807, 2.05) is 13.0 Å². The number of hydrogen-bond donors (Lipinski definition) is 2. The predicted octanol–water partition coefficient (Wildman–Crippen LogP) is 4.22. The zero-order valence-corrected chi connectivity index (χ0v) is 13.1. The van der Waals surface area contributed by atoms with Gasteiger partial charge in [0, 0.05) is 18.2 Å². The van der Waals surface area contributed by atoms with Crippen molar-refractivity contribution in [2.75, 3.05) is 6.61 Å². The van der Waals surface area contributed by atoms with Crippen molar-refractivity contribution < 1.29 is 14.2 Å². The van der Waals surface area contributed by atoms with Crippen LogP contribution < -0.4 is 10.5 Å². The molecule has 0 aliphatic heterocycles. The second kappa shape index (κ2) is 7.58. The molecule has 2 aromatic carbocycles. The minimum absolute atomic E-state index is 0.0239. The first-order chi connectivity index (χ1) is 10.6. The number of benzene rings is 2. The van der Waals surface area contributed by atoms with Crippen molar-refractivity contribution >= 4 is 11.6 Å². The molecule has 0 aromatic heterocycles. The maximum absolute atomic E-state index is 14.6. The first-order valence-corrected chi connectivity index (χ1v) is 7.55. The van der Waals surface area contributed by atoms with Crippen LogP contribution in [0.2, 0.25) is 5.02 Å². The van der Waals surface area contributed by atoms with Gasteiger partial charge in [-0.2, -0.15) is 0 Å². The molecular weight excluding hydrogens is 305 g/mol. The highest BCUT2D eigenvalue weighted by atomic mass is 35.5. The van der Waals surface area contributed by atoms with E-state index in [0.29, 0.717) is 24.2 Å². The Morgan fingerprint density at radius 3 is 2.77 bits per heavy atom. The number of aliphatic hydroxyl groups is 1. The summed E-state index contributed by atoms with van der Waals surface area (Å²) in [5, 5.41) is 9.17. The van der Waals surface area contributed by atoms with Gasteiger partial charge in [-0.05, 0) is 36.6 Å². The van der Waals surface area contributed by atoms with Gasteiger partial charge in [0.15, 0.2) is 11.6 Å². The Bertz CT molecular complexity index is 649. The lowest BCUT2D eigenvalue weighted by atomic mass is 10.0. The molecule has 0 radical (unpaired) electrons. The number of ether oxygens (including phenoxy) is 1. The SMILES string of the molecule is CC[C@H](N)c1ccc(Cl)c(Oc2cccc(CCO)c2)c1F. The Morgan fingerprint density at radius 1 is 1.32 bits per heavy atom. The van der Waals surface area contributed by atoms with Crippen molar-refractivity contribution in [1.29, 1.82) is 0 Å². The number of halogens is 2. The van der Waals surface area contributed by atoms with Crippen LogP contribution in [0.1, 0.15) is 30.5 Å². The maximum Gasteiger partial charge on any atom is 0.181 e. The van der Waals surface area contributed by atoms with Gasteiger partial charge >= 0.3 is 0 Å². The van der Waals surface area contributed by atoms with Crippen LogP contribution in [0.4, 0.5) is 4.39 Å². The third kappa shape index (κ3) is 3.77. The quantitative estimate of drug-likeness (QED) is 0.837. The minimum atomic E-state index is -0.533. The lowest BCUT2D eigenvalue weighted by Crippen LogP contribution is -2.11. The molecule has 5 heteroatoms. The molecule has 0 saturated carbocycles. The van der Waals surface area contributed by atoms with Crippen LogP contribution in [0.3, 0.4) is 0 Å². The zero-order valence-electron chi connectivity index (χ0n) is 12.4. The molecule has 0 aliphatic carbocycles. The van der Waals surface area contributed by atoms with Crippen LogP contribution in [-0.4, -0.2) is 11.7 Å². The first-order valence-electron chi connectivity index (χ1n) is 7.18. The van der Waals surface area contributed by atoms with E-state index < -0.39 is 11.9 Å². The molecule has 0 fully saturated rings. The zero-order chi connectivity index (χ0) is 16.1. The van der Waals surface area contributed by atoms with Gasteiger partial charge in [0.25, 0.3) is 0 Å². The molecule has 0 unspecified atom stereocenters. The van der Waals surface area contributed by atoms with Gasteiger partial charge in [0.1, 0.15) is 5.75 Å². The summed E-state index contributed by atoms with van der Waals surface area (Å²) < 4.78 is 20.2. The fourth-order valence-electron chi connectivity index (χ4n) is 2.16. The maximum atomic E-state index is 14.6. The molecule has 0 bridgehead atoms. The Kier molecular flexibility index (Phi) is 5.77. The molecule has 0 heterocycles. The lowest BCUT2D eigenvalue weighted by molar-refractivity contribution is 0.299. The second-order valence-electron chi connectivity index (χ2n) is 5.02. The van der Waals surface area contributed by atoms with Gasteiger partial charge < -0.3 is 15.6 Å². The monoisotopic (exact) mass is 323 g/mol. The minimum Gasteiger partial charge on any atom is -0.453 e. The third-order valence-corrected chi connectivity index (χ3v) is 3.73. The number of nitrogens with two attached hydrogens (primary N) is 1. The molecule has 0 aliphatic rings. The Balaban J connectivity index is 2.34. The lowest BCUT2D eigenvalue weighted by Gasteiger charge is -2.15. The normalized spacial score (nSPS) is 12.2. The van der Waals surface area contributed by atoms with E-state index in [0.717, 1.165) is 5.56 Å². The molecule has 2 rings (SSSR count). The molecule has 0 saturated heterocycles. The van der Waals surface area contributed by atoms with Gasteiger partial charge in [-0.1, -0.05) is 36.7 Å². The van der Waals surface area contributed by atoms with Crippen LogP contribution in [0.25, 0.3) is 0 Å². The van der Waals surface area contributed by atoms with Crippen molar-refractivity contribution in [1.82, 2.24) is 0 Å². The van der Waals surface area contributed by atoms with Gasteiger partial charge in [0.2, 0.25) is 0 Å². The van der Waals surface area contributed by atoms with Gasteiger partial charge in [0.05, 0.1) is 5.02 Å². The van der Waals surface area contributed by atoms with Crippen molar-refractivity contribution in [2.45, 2.75) is 25.8 Å². The molecule has 1 atom stereocenters. The van der Waals surface area contributed by atoms with Crippen LogP contribution in [0, 0.1) is 5.82 Å². The molecule has 3 nitrogen and oxygen atoms in total. The molecular formula is C17H19ClFNO2. The smallest absolute Gasteiger partial charge is 0.181 e. The fraction of sp³-hybridized carbons (Fsp3) is 0.294. The Labute approximate surface area is 134 Å². The van der Waals surface area contributed by atoms with E-state index in [4.69, 9.17) is 27.2 Å². The van der Waals surface area contributed by atoms with Gasteiger partial charge in [-0.3, -0.25) is 0 Å². The van der Waals surface area contributed by atoms with Crippen molar-refractivity contribution in [3.8, 4) is 11.5 Å². The second-order valence-corrected chi connectivity index (χ2v) is 5.42. The molecule has 22 heavy (non-hydrogen) atoms. The van der Waals surface area contributed by atoms with Crippen LogP contribution in [0.5, 0.6) is 11.5 Å². The average Bonchev–Trinajstić information content (AvgIpc) is 2.51. The highest BCUT2D eigenvalue weighted by molar-refractivity contribution is 6.32. The van der Waals surface area contributed by atoms with Crippen molar-refractivity contribution in [2.24, 2.45) is 5.73 Å². The molecule has 118 valence electrons. The van der Waals surface area contributed by atoms with E-state index in [9.17, 15) is 4.39 Å². The summed E-state index contributed by atoms with van der Waals surface area (Å²) in [5.74, 6) is -0.0902. The summed E-state index contributed by atoms with van der Waals surface area (Å²) in [5.41, 5.74) is 7.19. The van der Waals surface area contributed by atoms with E-state index in [-0.39, 0.29) is 17.4 Å². The third-order valence-electron chi connectivity index (χ3n) is 3.44. The number of hydrogen-bond acceptors (Lipinski definition) is 3. The number of rotatable bonds is 6.